The van der Waals surface area contributed by atoms with Crippen molar-refractivity contribution in [2.24, 2.45) is 0 Å². The monoisotopic (exact) mass is 719 g/mol. The molecule has 0 aliphatic carbocycles. The van der Waals surface area contributed by atoms with E-state index in [2.05, 4.69) is 104 Å². The van der Waals surface area contributed by atoms with Gasteiger partial charge in [0, 0.05) is 19.4 Å². The van der Waals surface area contributed by atoms with Gasteiger partial charge in [-0.1, -0.05) is 131 Å². The zero-order valence-corrected chi connectivity index (χ0v) is 31.7. The molecule has 0 saturated heterocycles. The molecule has 0 aromatic carbocycles. The summed E-state index contributed by atoms with van der Waals surface area (Å²) in [6, 6.07) is 0. The summed E-state index contributed by atoms with van der Waals surface area (Å²) in [7, 11) is -4.42. The highest BCUT2D eigenvalue weighted by Gasteiger charge is 2.23. The highest BCUT2D eigenvalue weighted by Crippen LogP contribution is 2.42. The van der Waals surface area contributed by atoms with Gasteiger partial charge in [-0.25, -0.2) is 4.57 Å². The quantitative estimate of drug-likeness (QED) is 0.0265. The van der Waals surface area contributed by atoms with Crippen LogP contribution in [0.5, 0.6) is 0 Å². The molecule has 0 fully saturated rings. The molecular weight excluding hydrogens is 653 g/mol. The Hall–Kier alpha value is -2.81. The summed E-state index contributed by atoms with van der Waals surface area (Å²) in [6.07, 6.45) is 44.1. The molecule has 0 bridgehead atoms. The summed E-state index contributed by atoms with van der Waals surface area (Å²) < 4.78 is 26.6. The number of aliphatic hydroxyl groups is 1. The number of carbonyl (C=O) groups excluding carboxylic acids is 2. The van der Waals surface area contributed by atoms with Crippen LogP contribution in [0.1, 0.15) is 123 Å². The smallest absolute Gasteiger partial charge is 0.463 e. The molecule has 10 heteroatoms. The number of unbranched alkanes of at least 4 members (excludes halogenated alkanes) is 6. The highest BCUT2D eigenvalue weighted by atomic mass is 31.2. The van der Waals surface area contributed by atoms with E-state index in [1.165, 1.54) is 6.42 Å². The third-order valence-electron chi connectivity index (χ3n) is 7.09. The topological polar surface area (TPSA) is 131 Å². The average Bonchev–Trinajstić information content (AvgIpc) is 3.10. The van der Waals surface area contributed by atoms with E-state index in [9.17, 15) is 24.2 Å². The predicted octanol–water partition coefficient (Wildman–Crippen LogP) is 9.71. The maximum atomic E-state index is 12.0. The summed E-state index contributed by atoms with van der Waals surface area (Å²) in [4.78, 5) is 33.5. The lowest BCUT2D eigenvalue weighted by molar-refractivity contribution is -0.147. The fourth-order valence-corrected chi connectivity index (χ4v) is 5.06. The summed E-state index contributed by atoms with van der Waals surface area (Å²) in [6.45, 7) is 3.25. The number of carbonyl (C=O) groups is 2. The van der Waals surface area contributed by atoms with E-state index >= 15 is 0 Å². The SMILES string of the molecule is CC/C=C\C/C=C\C/C=C\C/C=C\C/C=C\C/C=C\C/C=C\CCCC(=O)NCCOP(=O)(O)OCC(O)COC(=O)CCCCCCCC. The minimum absolute atomic E-state index is 0.0455. The zero-order valence-electron chi connectivity index (χ0n) is 30.8. The molecule has 3 N–H and O–H groups in total. The molecule has 50 heavy (non-hydrogen) atoms. The van der Waals surface area contributed by atoms with Crippen LogP contribution in [0, 0.1) is 0 Å². The number of aliphatic hydroxyl groups excluding tert-OH is 1. The molecule has 2 unspecified atom stereocenters. The second-order valence-corrected chi connectivity index (χ2v) is 13.3. The lowest BCUT2D eigenvalue weighted by Gasteiger charge is -2.15. The van der Waals surface area contributed by atoms with Gasteiger partial charge in [0.2, 0.25) is 5.91 Å². The number of hydrogen-bond acceptors (Lipinski definition) is 7. The minimum atomic E-state index is -4.42. The number of amides is 1. The number of phosphoric ester groups is 1. The van der Waals surface area contributed by atoms with Crippen LogP contribution in [0.25, 0.3) is 0 Å². The molecule has 0 radical (unpaired) electrons. The molecule has 9 nitrogen and oxygen atoms in total. The van der Waals surface area contributed by atoms with E-state index in [-0.39, 0.29) is 32.1 Å². The number of allylic oxidation sites excluding steroid dienone is 14. The first kappa shape index (κ1) is 47.2. The van der Waals surface area contributed by atoms with Crippen molar-refractivity contribution in [3.05, 3.63) is 85.1 Å². The summed E-state index contributed by atoms with van der Waals surface area (Å²) in [5.74, 6) is -0.596. The Kier molecular flexibility index (Phi) is 34.0. The van der Waals surface area contributed by atoms with E-state index in [1.54, 1.807) is 0 Å². The molecule has 0 aromatic rings. The zero-order chi connectivity index (χ0) is 36.8. The average molecular weight is 720 g/mol. The van der Waals surface area contributed by atoms with Gasteiger partial charge >= 0.3 is 13.8 Å². The Morgan fingerprint density at radius 1 is 0.640 bits per heavy atom. The number of nitrogens with one attached hydrogen (secondary N) is 1. The number of ether oxygens (including phenoxy) is 1. The molecule has 0 aromatic heterocycles. The van der Waals surface area contributed by atoms with Crippen molar-refractivity contribution in [2.75, 3.05) is 26.4 Å². The maximum Gasteiger partial charge on any atom is 0.472 e. The molecule has 0 saturated carbocycles. The van der Waals surface area contributed by atoms with Crippen molar-refractivity contribution in [2.45, 2.75) is 129 Å². The molecule has 0 heterocycles. The van der Waals surface area contributed by atoms with Crippen LogP contribution in [0.3, 0.4) is 0 Å². The Morgan fingerprint density at radius 3 is 1.68 bits per heavy atom. The number of phosphoric acid groups is 1. The van der Waals surface area contributed by atoms with Gasteiger partial charge in [-0.2, -0.15) is 0 Å². The van der Waals surface area contributed by atoms with Gasteiger partial charge < -0.3 is 20.1 Å². The first-order valence-corrected chi connectivity index (χ1v) is 20.1. The molecule has 284 valence electrons. The third-order valence-corrected chi connectivity index (χ3v) is 8.07. The van der Waals surface area contributed by atoms with Gasteiger partial charge in [0.05, 0.1) is 13.2 Å². The lowest BCUT2D eigenvalue weighted by Crippen LogP contribution is -2.27. The van der Waals surface area contributed by atoms with Crippen LogP contribution in [0.4, 0.5) is 0 Å². The lowest BCUT2D eigenvalue weighted by atomic mass is 10.1. The van der Waals surface area contributed by atoms with Crippen LogP contribution in [0.2, 0.25) is 0 Å². The Bertz CT molecular complexity index is 1090. The fraction of sp³-hybridized carbons (Fsp3) is 0.600. The second-order valence-electron chi connectivity index (χ2n) is 11.8. The van der Waals surface area contributed by atoms with E-state index in [0.717, 1.165) is 83.5 Å². The van der Waals surface area contributed by atoms with E-state index < -0.39 is 26.5 Å². The Morgan fingerprint density at radius 2 is 1.14 bits per heavy atom. The second kappa shape index (κ2) is 36.0. The summed E-state index contributed by atoms with van der Waals surface area (Å²) in [5.41, 5.74) is 0. The largest absolute Gasteiger partial charge is 0.472 e. The Labute approximate surface area is 302 Å². The van der Waals surface area contributed by atoms with Gasteiger partial charge in [-0.15, -0.1) is 0 Å². The van der Waals surface area contributed by atoms with Crippen LogP contribution in [0.15, 0.2) is 85.1 Å². The predicted molar refractivity (Wildman–Crippen MR) is 206 cm³/mol. The summed E-state index contributed by atoms with van der Waals surface area (Å²) >= 11 is 0. The fourth-order valence-electron chi connectivity index (χ4n) is 4.31. The maximum absolute atomic E-state index is 12.0. The van der Waals surface area contributed by atoms with Crippen molar-refractivity contribution in [3.8, 4) is 0 Å². The molecule has 1 amide bonds. The van der Waals surface area contributed by atoms with Gasteiger partial charge in [0.1, 0.15) is 12.7 Å². The standard InChI is InChI=1S/C40H66NO8P/c1-3-5-7-9-11-12-13-14-15-16-17-18-19-20-21-22-23-24-25-26-27-28-30-32-39(43)41-34-35-48-50(45,46)49-37-38(42)36-47-40(44)33-31-29-10-8-6-4-2/h5,7,11-12,14-15,17-18,20-21,23-24,26-27,38,42H,3-4,6,8-10,13,16,19,22,25,28-37H2,1-2H3,(H,41,43)(H,45,46)/b7-5-,12-11-,15-14-,18-17-,21-20-,24-23-,27-26-. The first-order chi connectivity index (χ1) is 24.3. The van der Waals surface area contributed by atoms with Crippen molar-refractivity contribution in [3.63, 3.8) is 0 Å². The van der Waals surface area contributed by atoms with Crippen LogP contribution >= 0.6 is 7.82 Å². The molecule has 2 atom stereocenters. The molecule has 0 spiro atoms. The van der Waals surface area contributed by atoms with E-state index in [4.69, 9.17) is 13.8 Å². The van der Waals surface area contributed by atoms with Gasteiger partial charge in [-0.05, 0) is 64.2 Å². The van der Waals surface area contributed by atoms with Crippen molar-refractivity contribution < 1.29 is 37.9 Å². The normalized spacial score (nSPS) is 14.4. The van der Waals surface area contributed by atoms with Gasteiger partial charge in [0.25, 0.3) is 0 Å². The molecular formula is C40H66NO8P. The summed E-state index contributed by atoms with van der Waals surface area (Å²) in [5, 5.41) is 12.5. The van der Waals surface area contributed by atoms with Gasteiger partial charge in [0.15, 0.2) is 0 Å². The molecule has 0 aliphatic heterocycles. The molecule has 0 aliphatic rings. The minimum Gasteiger partial charge on any atom is -0.463 e. The first-order valence-electron chi connectivity index (χ1n) is 18.6. The molecule has 0 rings (SSSR count). The van der Waals surface area contributed by atoms with Gasteiger partial charge in [-0.3, -0.25) is 18.6 Å². The van der Waals surface area contributed by atoms with Crippen molar-refractivity contribution in [1.29, 1.82) is 0 Å². The van der Waals surface area contributed by atoms with Crippen LogP contribution in [-0.4, -0.2) is 54.3 Å². The number of hydrogen-bond donors (Lipinski definition) is 3. The highest BCUT2D eigenvalue weighted by molar-refractivity contribution is 7.47. The van der Waals surface area contributed by atoms with Crippen LogP contribution < -0.4 is 5.32 Å². The van der Waals surface area contributed by atoms with E-state index in [1.807, 2.05) is 0 Å². The number of esters is 1. The number of rotatable bonds is 33. The van der Waals surface area contributed by atoms with Crippen molar-refractivity contribution in [1.82, 2.24) is 5.32 Å². The Balaban J connectivity index is 3.76. The third kappa shape index (κ3) is 36.5. The van der Waals surface area contributed by atoms with E-state index in [0.29, 0.717) is 12.8 Å². The van der Waals surface area contributed by atoms with Crippen molar-refractivity contribution >= 4 is 19.7 Å². The van der Waals surface area contributed by atoms with Crippen LogP contribution in [-0.2, 0) is 27.9 Å².